The van der Waals surface area contributed by atoms with Crippen LogP contribution in [0, 0.1) is 0 Å². The van der Waals surface area contributed by atoms with Gasteiger partial charge in [-0.15, -0.1) is 0 Å². The van der Waals surface area contributed by atoms with E-state index in [1.165, 1.54) is 0 Å². The number of nitrogens with zero attached hydrogens (tertiary/aromatic N) is 1. The maximum absolute atomic E-state index is 12.0. The van der Waals surface area contributed by atoms with Gasteiger partial charge in [0, 0.05) is 13.7 Å². The van der Waals surface area contributed by atoms with Crippen molar-refractivity contribution in [1.29, 1.82) is 0 Å². The predicted octanol–water partition coefficient (Wildman–Crippen LogP) is 2.77. The smallest absolute Gasteiger partial charge is 0.412 e. The van der Waals surface area contributed by atoms with Gasteiger partial charge in [0.15, 0.2) is 0 Å². The second kappa shape index (κ2) is 5.53. The maximum Gasteiger partial charge on any atom is 0.412 e. The Balaban J connectivity index is 2.63. The second-order valence-corrected chi connectivity index (χ2v) is 5.21. The zero-order valence-electron chi connectivity index (χ0n) is 10.8. The Hall–Kier alpha value is -0.770. The lowest BCUT2D eigenvalue weighted by Crippen LogP contribution is -2.44. The Morgan fingerprint density at radius 3 is 2.50 bits per heavy atom. The minimum absolute atomic E-state index is 0.127. The number of likely N-dealkylation sites (tertiary alicyclic amines) is 1. The second-order valence-electron chi connectivity index (χ2n) is 5.21. The van der Waals surface area contributed by atoms with E-state index in [2.05, 4.69) is 0 Å². The first-order chi connectivity index (χ1) is 7.44. The third kappa shape index (κ3) is 4.00. The highest BCUT2D eigenvalue weighted by Crippen LogP contribution is 2.20. The van der Waals surface area contributed by atoms with Crippen LogP contribution in [0.1, 0.15) is 46.5 Å². The highest BCUT2D eigenvalue weighted by atomic mass is 16.6. The van der Waals surface area contributed by atoms with E-state index in [4.69, 9.17) is 9.47 Å². The molecule has 94 valence electrons. The summed E-state index contributed by atoms with van der Waals surface area (Å²) < 4.78 is 10.7. The van der Waals surface area contributed by atoms with Gasteiger partial charge in [-0.05, 0) is 40.0 Å². The van der Waals surface area contributed by atoms with E-state index in [1.54, 1.807) is 12.0 Å². The lowest BCUT2D eigenvalue weighted by molar-refractivity contribution is -0.0487. The molecule has 0 aromatic heterocycles. The molecule has 16 heavy (non-hydrogen) atoms. The minimum atomic E-state index is -0.443. The summed E-state index contributed by atoms with van der Waals surface area (Å²) in [5.74, 6) is 0. The molecule has 0 N–H and O–H groups in total. The summed E-state index contributed by atoms with van der Waals surface area (Å²) >= 11 is 0. The molecule has 1 fully saturated rings. The summed E-state index contributed by atoms with van der Waals surface area (Å²) in [5, 5.41) is 0. The van der Waals surface area contributed by atoms with Crippen molar-refractivity contribution in [2.45, 2.75) is 58.3 Å². The van der Waals surface area contributed by atoms with Gasteiger partial charge in [-0.25, -0.2) is 4.79 Å². The summed E-state index contributed by atoms with van der Waals surface area (Å²) in [7, 11) is 1.65. The molecule has 1 aliphatic heterocycles. The number of methoxy groups -OCH3 is 1. The number of carbonyl (C=O) groups is 1. The monoisotopic (exact) mass is 229 g/mol. The lowest BCUT2D eigenvalue weighted by atomic mass is 10.2. The molecular weight excluding hydrogens is 206 g/mol. The highest BCUT2D eigenvalue weighted by Gasteiger charge is 2.29. The molecule has 4 heteroatoms. The van der Waals surface area contributed by atoms with Crippen LogP contribution in [0.25, 0.3) is 0 Å². The Bertz CT molecular complexity index is 235. The van der Waals surface area contributed by atoms with E-state index in [9.17, 15) is 4.79 Å². The van der Waals surface area contributed by atoms with Crippen LogP contribution in [-0.4, -0.2) is 36.5 Å². The zero-order chi connectivity index (χ0) is 12.2. The molecule has 0 aliphatic carbocycles. The van der Waals surface area contributed by atoms with Crippen molar-refractivity contribution in [3.63, 3.8) is 0 Å². The van der Waals surface area contributed by atoms with E-state index >= 15 is 0 Å². The van der Waals surface area contributed by atoms with Gasteiger partial charge < -0.3 is 9.47 Å². The van der Waals surface area contributed by atoms with Crippen molar-refractivity contribution in [3.8, 4) is 0 Å². The highest BCUT2D eigenvalue weighted by molar-refractivity contribution is 5.68. The van der Waals surface area contributed by atoms with Crippen molar-refractivity contribution in [2.75, 3.05) is 13.7 Å². The molecule has 1 rings (SSSR count). The Kier molecular flexibility index (Phi) is 4.59. The Labute approximate surface area is 97.9 Å². The van der Waals surface area contributed by atoms with Crippen molar-refractivity contribution in [3.05, 3.63) is 0 Å². The molecule has 1 heterocycles. The molecule has 1 atom stereocenters. The van der Waals surface area contributed by atoms with Gasteiger partial charge in [0.2, 0.25) is 0 Å². The molecule has 0 bridgehead atoms. The molecule has 0 spiro atoms. The fourth-order valence-electron chi connectivity index (χ4n) is 1.85. The quantitative estimate of drug-likeness (QED) is 0.694. The predicted molar refractivity (Wildman–Crippen MR) is 62.2 cm³/mol. The SMILES string of the molecule is COC1CCCCCN1C(=O)OC(C)(C)C. The van der Waals surface area contributed by atoms with Crippen molar-refractivity contribution in [2.24, 2.45) is 0 Å². The van der Waals surface area contributed by atoms with Crippen molar-refractivity contribution >= 4 is 6.09 Å². The first-order valence-electron chi connectivity index (χ1n) is 5.96. The number of carbonyl (C=O) groups excluding carboxylic acids is 1. The van der Waals surface area contributed by atoms with Gasteiger partial charge >= 0.3 is 6.09 Å². The summed E-state index contributed by atoms with van der Waals surface area (Å²) in [4.78, 5) is 13.7. The van der Waals surface area contributed by atoms with Crippen LogP contribution >= 0.6 is 0 Å². The van der Waals surface area contributed by atoms with Crippen LogP contribution in [0.5, 0.6) is 0 Å². The molecule has 1 amide bonds. The van der Waals surface area contributed by atoms with Gasteiger partial charge in [-0.3, -0.25) is 4.90 Å². The Morgan fingerprint density at radius 1 is 1.25 bits per heavy atom. The van der Waals surface area contributed by atoms with Gasteiger partial charge in [-0.2, -0.15) is 0 Å². The third-order valence-electron chi connectivity index (χ3n) is 2.60. The average Bonchev–Trinajstić information content (AvgIpc) is 2.39. The molecule has 1 aliphatic rings. The molecule has 0 radical (unpaired) electrons. The molecule has 4 nitrogen and oxygen atoms in total. The molecule has 0 aromatic carbocycles. The topological polar surface area (TPSA) is 38.8 Å². The first kappa shape index (κ1) is 13.3. The molecule has 1 saturated heterocycles. The fraction of sp³-hybridized carbons (Fsp3) is 0.917. The summed E-state index contributed by atoms with van der Waals surface area (Å²) in [5.41, 5.74) is -0.443. The number of hydrogen-bond donors (Lipinski definition) is 0. The van der Waals surface area contributed by atoms with E-state index in [0.29, 0.717) is 0 Å². The number of hydrogen-bond acceptors (Lipinski definition) is 3. The van der Waals surface area contributed by atoms with Crippen LogP contribution in [0.3, 0.4) is 0 Å². The van der Waals surface area contributed by atoms with Gasteiger partial charge in [0.1, 0.15) is 11.8 Å². The Morgan fingerprint density at radius 2 is 1.94 bits per heavy atom. The molecule has 1 unspecified atom stereocenters. The third-order valence-corrected chi connectivity index (χ3v) is 2.60. The maximum atomic E-state index is 12.0. The van der Waals surface area contributed by atoms with E-state index < -0.39 is 5.60 Å². The van der Waals surface area contributed by atoms with Gasteiger partial charge in [-0.1, -0.05) is 6.42 Å². The van der Waals surface area contributed by atoms with Crippen LogP contribution in [-0.2, 0) is 9.47 Å². The lowest BCUT2D eigenvalue weighted by Gasteiger charge is -2.31. The van der Waals surface area contributed by atoms with Crippen molar-refractivity contribution in [1.82, 2.24) is 4.90 Å². The molecule has 0 aromatic rings. The summed E-state index contributed by atoms with van der Waals surface area (Å²) in [6.07, 6.45) is 3.80. The van der Waals surface area contributed by atoms with Crippen LogP contribution in [0.15, 0.2) is 0 Å². The van der Waals surface area contributed by atoms with Crippen molar-refractivity contribution < 1.29 is 14.3 Å². The zero-order valence-corrected chi connectivity index (χ0v) is 10.8. The summed E-state index contributed by atoms with van der Waals surface area (Å²) in [6, 6.07) is 0. The first-order valence-corrected chi connectivity index (χ1v) is 5.96. The largest absolute Gasteiger partial charge is 0.444 e. The van der Waals surface area contributed by atoms with E-state index in [1.807, 2.05) is 20.8 Å². The average molecular weight is 229 g/mol. The molecular formula is C12H23NO3. The number of rotatable bonds is 1. The number of amides is 1. The van der Waals surface area contributed by atoms with E-state index in [-0.39, 0.29) is 12.3 Å². The van der Waals surface area contributed by atoms with Gasteiger partial charge in [0.25, 0.3) is 0 Å². The molecule has 0 saturated carbocycles. The van der Waals surface area contributed by atoms with Gasteiger partial charge in [0.05, 0.1) is 0 Å². The number of ether oxygens (including phenoxy) is 2. The normalized spacial score (nSPS) is 22.8. The van der Waals surface area contributed by atoms with E-state index in [0.717, 1.165) is 32.2 Å². The standard InChI is InChI=1S/C12H23NO3/c1-12(2,3)16-11(14)13-9-7-5-6-8-10(13)15-4/h10H,5-9H2,1-4H3. The fourth-order valence-corrected chi connectivity index (χ4v) is 1.85. The summed E-state index contributed by atoms with van der Waals surface area (Å²) in [6.45, 7) is 6.37. The van der Waals surface area contributed by atoms with Crippen LogP contribution in [0.4, 0.5) is 4.79 Å². The van der Waals surface area contributed by atoms with Crippen LogP contribution < -0.4 is 0 Å². The minimum Gasteiger partial charge on any atom is -0.444 e. The van der Waals surface area contributed by atoms with Crippen LogP contribution in [0.2, 0.25) is 0 Å².